The van der Waals surface area contributed by atoms with Crippen molar-refractivity contribution in [2.24, 2.45) is 11.7 Å². The molecule has 1 aliphatic carbocycles. The van der Waals surface area contributed by atoms with Gasteiger partial charge < -0.3 is 11.1 Å². The van der Waals surface area contributed by atoms with Crippen molar-refractivity contribution in [1.82, 2.24) is 15.3 Å². The minimum absolute atomic E-state index is 0.00735. The van der Waals surface area contributed by atoms with Gasteiger partial charge in [-0.05, 0) is 19.4 Å². The summed E-state index contributed by atoms with van der Waals surface area (Å²) in [6.45, 7) is 2.27. The monoisotopic (exact) mass is 206 g/mol. The summed E-state index contributed by atoms with van der Waals surface area (Å²) in [7, 11) is 0. The quantitative estimate of drug-likeness (QED) is 0.714. The number of aromatic nitrogens is 2. The van der Waals surface area contributed by atoms with Crippen molar-refractivity contribution < 1.29 is 4.79 Å². The fourth-order valence-corrected chi connectivity index (χ4v) is 1.43. The predicted molar refractivity (Wildman–Crippen MR) is 54.7 cm³/mol. The number of carbonyl (C=O) groups excluding carboxylic acids is 1. The molecule has 5 nitrogen and oxygen atoms in total. The summed E-state index contributed by atoms with van der Waals surface area (Å²) in [6, 6.07) is 1.84. The third kappa shape index (κ3) is 2.50. The lowest BCUT2D eigenvalue weighted by molar-refractivity contribution is -0.122. The number of aryl methyl sites for hydroxylation is 1. The Kier molecular flexibility index (Phi) is 2.64. The van der Waals surface area contributed by atoms with Gasteiger partial charge in [0.1, 0.15) is 5.82 Å². The third-order valence-corrected chi connectivity index (χ3v) is 2.45. The molecule has 1 aromatic heterocycles. The van der Waals surface area contributed by atoms with Gasteiger partial charge in [-0.1, -0.05) is 0 Å². The number of rotatable bonds is 3. The maximum atomic E-state index is 11.4. The lowest BCUT2D eigenvalue weighted by Crippen LogP contribution is -2.27. The Labute approximate surface area is 88.1 Å². The lowest BCUT2D eigenvalue weighted by atomic mass is 10.3. The van der Waals surface area contributed by atoms with Gasteiger partial charge in [-0.15, -0.1) is 0 Å². The molecule has 0 bridgehead atoms. The number of nitrogens with zero attached hydrogens (tertiary/aromatic N) is 2. The summed E-state index contributed by atoms with van der Waals surface area (Å²) < 4.78 is 0. The summed E-state index contributed by atoms with van der Waals surface area (Å²) in [5, 5.41) is 2.81. The van der Waals surface area contributed by atoms with Crippen molar-refractivity contribution in [2.75, 3.05) is 0 Å². The Hall–Kier alpha value is -1.49. The minimum Gasteiger partial charge on any atom is -0.350 e. The Morgan fingerprint density at radius 1 is 1.73 bits per heavy atom. The van der Waals surface area contributed by atoms with Crippen LogP contribution in [0.3, 0.4) is 0 Å². The molecule has 0 aromatic carbocycles. The molecule has 3 N–H and O–H groups in total. The second kappa shape index (κ2) is 3.94. The molecule has 1 aliphatic rings. The molecule has 2 rings (SSSR count). The number of hydrogen-bond acceptors (Lipinski definition) is 4. The Morgan fingerprint density at radius 3 is 3.07 bits per heavy atom. The fraction of sp³-hybridized carbons (Fsp3) is 0.500. The van der Waals surface area contributed by atoms with Crippen LogP contribution in [0.15, 0.2) is 12.3 Å². The first-order valence-corrected chi connectivity index (χ1v) is 4.98. The minimum atomic E-state index is 0.00735. The molecule has 1 heterocycles. The van der Waals surface area contributed by atoms with Crippen molar-refractivity contribution in [2.45, 2.75) is 25.9 Å². The van der Waals surface area contributed by atoms with E-state index >= 15 is 0 Å². The van der Waals surface area contributed by atoms with E-state index in [1.165, 1.54) is 0 Å². The standard InChI is InChI=1S/C10H14N4O/c1-6-12-3-2-7(14-6)5-13-10(15)8-4-9(8)11/h2-3,8-9H,4-5,11H2,1H3,(H,13,15). The van der Waals surface area contributed by atoms with Crippen molar-refractivity contribution in [1.29, 1.82) is 0 Å². The normalized spacial score (nSPS) is 23.6. The molecule has 0 spiro atoms. The van der Waals surface area contributed by atoms with E-state index in [-0.39, 0.29) is 17.9 Å². The van der Waals surface area contributed by atoms with Gasteiger partial charge >= 0.3 is 0 Å². The molecule has 1 aromatic rings. The molecule has 1 fully saturated rings. The summed E-state index contributed by atoms with van der Waals surface area (Å²) in [5.41, 5.74) is 6.40. The molecule has 0 saturated heterocycles. The first-order valence-electron chi connectivity index (χ1n) is 4.98. The van der Waals surface area contributed by atoms with Crippen LogP contribution in [-0.4, -0.2) is 21.9 Å². The highest BCUT2D eigenvalue weighted by Gasteiger charge is 2.39. The number of nitrogens with one attached hydrogen (secondary N) is 1. The molecule has 1 saturated carbocycles. The van der Waals surface area contributed by atoms with Gasteiger partial charge in [-0.2, -0.15) is 0 Å². The molecule has 2 unspecified atom stereocenters. The number of nitrogens with two attached hydrogens (primary N) is 1. The molecule has 15 heavy (non-hydrogen) atoms. The highest BCUT2D eigenvalue weighted by molar-refractivity contribution is 5.82. The van der Waals surface area contributed by atoms with Crippen LogP contribution in [0.2, 0.25) is 0 Å². The first-order chi connectivity index (χ1) is 7.16. The van der Waals surface area contributed by atoms with Crippen LogP contribution in [0.5, 0.6) is 0 Å². The zero-order valence-electron chi connectivity index (χ0n) is 8.60. The SMILES string of the molecule is Cc1nccc(CNC(=O)C2CC2N)n1. The Bertz CT molecular complexity index is 379. The number of carbonyl (C=O) groups is 1. The van der Waals surface area contributed by atoms with Gasteiger partial charge in [-0.3, -0.25) is 4.79 Å². The van der Waals surface area contributed by atoms with Crippen LogP contribution in [0, 0.1) is 12.8 Å². The average Bonchev–Trinajstić information content (AvgIpc) is 2.92. The third-order valence-electron chi connectivity index (χ3n) is 2.45. The van der Waals surface area contributed by atoms with Crippen LogP contribution in [0.25, 0.3) is 0 Å². The molecule has 0 radical (unpaired) electrons. The van der Waals surface area contributed by atoms with Crippen molar-refractivity contribution in [3.8, 4) is 0 Å². The Balaban J connectivity index is 1.85. The molecule has 0 aliphatic heterocycles. The van der Waals surface area contributed by atoms with E-state index in [9.17, 15) is 4.79 Å². The highest BCUT2D eigenvalue weighted by atomic mass is 16.2. The molecular formula is C10H14N4O. The van der Waals surface area contributed by atoms with Crippen LogP contribution in [0.4, 0.5) is 0 Å². The van der Waals surface area contributed by atoms with Gasteiger partial charge in [0.25, 0.3) is 0 Å². The zero-order valence-corrected chi connectivity index (χ0v) is 8.60. The average molecular weight is 206 g/mol. The molecule has 5 heteroatoms. The largest absolute Gasteiger partial charge is 0.350 e. The molecular weight excluding hydrogens is 192 g/mol. The summed E-state index contributed by atoms with van der Waals surface area (Å²) in [5.74, 6) is 0.747. The van der Waals surface area contributed by atoms with Crippen LogP contribution in [-0.2, 0) is 11.3 Å². The molecule has 80 valence electrons. The van der Waals surface area contributed by atoms with E-state index in [0.717, 1.165) is 12.1 Å². The van der Waals surface area contributed by atoms with Crippen LogP contribution < -0.4 is 11.1 Å². The summed E-state index contributed by atoms with van der Waals surface area (Å²) in [6.07, 6.45) is 2.49. The van der Waals surface area contributed by atoms with E-state index in [1.54, 1.807) is 12.3 Å². The Morgan fingerprint density at radius 2 is 2.47 bits per heavy atom. The topological polar surface area (TPSA) is 80.9 Å². The van der Waals surface area contributed by atoms with E-state index in [2.05, 4.69) is 15.3 Å². The number of amides is 1. The van der Waals surface area contributed by atoms with Gasteiger partial charge in [0.05, 0.1) is 18.2 Å². The van der Waals surface area contributed by atoms with Gasteiger partial charge in [0.15, 0.2) is 0 Å². The molecule has 2 atom stereocenters. The van der Waals surface area contributed by atoms with E-state index in [4.69, 9.17) is 5.73 Å². The lowest BCUT2D eigenvalue weighted by Gasteiger charge is -2.03. The molecule has 1 amide bonds. The maximum absolute atomic E-state index is 11.4. The smallest absolute Gasteiger partial charge is 0.225 e. The van der Waals surface area contributed by atoms with Gasteiger partial charge in [-0.25, -0.2) is 9.97 Å². The van der Waals surface area contributed by atoms with Gasteiger partial charge in [0.2, 0.25) is 5.91 Å². The van der Waals surface area contributed by atoms with Gasteiger partial charge in [0, 0.05) is 12.2 Å². The second-order valence-corrected chi connectivity index (χ2v) is 3.82. The van der Waals surface area contributed by atoms with Crippen molar-refractivity contribution >= 4 is 5.91 Å². The van der Waals surface area contributed by atoms with E-state index < -0.39 is 0 Å². The maximum Gasteiger partial charge on any atom is 0.225 e. The second-order valence-electron chi connectivity index (χ2n) is 3.82. The van der Waals surface area contributed by atoms with Crippen molar-refractivity contribution in [3.63, 3.8) is 0 Å². The van der Waals surface area contributed by atoms with Crippen molar-refractivity contribution in [3.05, 3.63) is 23.8 Å². The van der Waals surface area contributed by atoms with Crippen LogP contribution >= 0.6 is 0 Å². The van der Waals surface area contributed by atoms with E-state index in [0.29, 0.717) is 12.4 Å². The predicted octanol–water partition coefficient (Wildman–Crippen LogP) is -0.252. The fourth-order valence-electron chi connectivity index (χ4n) is 1.43. The summed E-state index contributed by atoms with van der Waals surface area (Å²) in [4.78, 5) is 19.6. The van der Waals surface area contributed by atoms with E-state index in [1.807, 2.05) is 6.92 Å². The number of hydrogen-bond donors (Lipinski definition) is 2. The zero-order chi connectivity index (χ0) is 10.8. The van der Waals surface area contributed by atoms with Crippen LogP contribution in [0.1, 0.15) is 17.9 Å². The first kappa shape index (κ1) is 10.0. The summed E-state index contributed by atoms with van der Waals surface area (Å²) >= 11 is 0. The highest BCUT2D eigenvalue weighted by Crippen LogP contribution is 2.27.